The molecule has 0 amide bonds. The molecule has 0 bridgehead atoms. The van der Waals surface area contributed by atoms with Crippen LogP contribution in [0.5, 0.6) is 0 Å². The molecule has 4 heteroatoms. The van der Waals surface area contributed by atoms with Gasteiger partial charge in [0.05, 0.1) is 6.61 Å². The summed E-state index contributed by atoms with van der Waals surface area (Å²) in [4.78, 5) is 12.9. The molecule has 0 fully saturated rings. The van der Waals surface area contributed by atoms with Crippen molar-refractivity contribution >= 4 is 5.97 Å². The van der Waals surface area contributed by atoms with Crippen molar-refractivity contribution < 1.29 is 14.6 Å². The van der Waals surface area contributed by atoms with Gasteiger partial charge in [-0.05, 0) is 13.0 Å². The minimum absolute atomic E-state index is 0.165. The SMILES string of the molecule is CCCCCCCCCCCCN(CCO)CCOC(C)=O. The predicted molar refractivity (Wildman–Crippen MR) is 92.0 cm³/mol. The van der Waals surface area contributed by atoms with Crippen molar-refractivity contribution in [2.24, 2.45) is 0 Å². The van der Waals surface area contributed by atoms with Gasteiger partial charge in [-0.2, -0.15) is 0 Å². The van der Waals surface area contributed by atoms with Crippen molar-refractivity contribution in [2.75, 3.05) is 32.8 Å². The van der Waals surface area contributed by atoms with Crippen LogP contribution in [0.25, 0.3) is 0 Å². The average Bonchev–Trinajstić information content (AvgIpc) is 2.48. The van der Waals surface area contributed by atoms with Gasteiger partial charge in [0.15, 0.2) is 0 Å². The van der Waals surface area contributed by atoms with Crippen LogP contribution >= 0.6 is 0 Å². The Morgan fingerprint density at radius 2 is 1.41 bits per heavy atom. The first-order valence-electron chi connectivity index (χ1n) is 9.17. The molecule has 0 unspecified atom stereocenters. The largest absolute Gasteiger partial charge is 0.465 e. The number of aliphatic hydroxyl groups is 1. The summed E-state index contributed by atoms with van der Waals surface area (Å²) in [6.45, 7) is 6.64. The second-order valence-electron chi connectivity index (χ2n) is 6.09. The maximum atomic E-state index is 10.7. The summed E-state index contributed by atoms with van der Waals surface area (Å²) in [5, 5.41) is 9.06. The van der Waals surface area contributed by atoms with Gasteiger partial charge in [0.25, 0.3) is 0 Å². The lowest BCUT2D eigenvalue weighted by Crippen LogP contribution is -2.31. The lowest BCUT2D eigenvalue weighted by molar-refractivity contribution is -0.141. The fraction of sp³-hybridized carbons (Fsp3) is 0.944. The average molecular weight is 315 g/mol. The van der Waals surface area contributed by atoms with Crippen LogP contribution in [0.3, 0.4) is 0 Å². The number of unbranched alkanes of at least 4 members (excludes halogenated alkanes) is 9. The second-order valence-corrected chi connectivity index (χ2v) is 6.09. The first kappa shape index (κ1) is 21.4. The number of aliphatic hydroxyl groups excluding tert-OH is 1. The van der Waals surface area contributed by atoms with Gasteiger partial charge < -0.3 is 9.84 Å². The van der Waals surface area contributed by atoms with Gasteiger partial charge in [-0.15, -0.1) is 0 Å². The summed E-state index contributed by atoms with van der Waals surface area (Å²) < 4.78 is 4.96. The van der Waals surface area contributed by atoms with Crippen LogP contribution in [0.1, 0.15) is 78.1 Å². The molecule has 0 aromatic carbocycles. The fourth-order valence-electron chi connectivity index (χ4n) is 2.62. The molecule has 0 saturated heterocycles. The van der Waals surface area contributed by atoms with E-state index in [1.807, 2.05) is 0 Å². The first-order chi connectivity index (χ1) is 10.7. The Balaban J connectivity index is 3.41. The Bertz CT molecular complexity index is 246. The monoisotopic (exact) mass is 315 g/mol. The number of nitrogens with zero attached hydrogens (tertiary/aromatic N) is 1. The lowest BCUT2D eigenvalue weighted by Gasteiger charge is -2.20. The standard InChI is InChI=1S/C18H37NO3/c1-3-4-5-6-7-8-9-10-11-12-13-19(14-16-20)15-17-22-18(2)21/h20H,3-17H2,1-2H3. The van der Waals surface area contributed by atoms with E-state index in [9.17, 15) is 4.79 Å². The first-order valence-corrected chi connectivity index (χ1v) is 9.17. The van der Waals surface area contributed by atoms with E-state index in [1.54, 1.807) is 0 Å². The molecule has 132 valence electrons. The van der Waals surface area contributed by atoms with Gasteiger partial charge in [0, 0.05) is 20.0 Å². The van der Waals surface area contributed by atoms with Crippen LogP contribution in [-0.2, 0) is 9.53 Å². The molecule has 0 radical (unpaired) electrons. The Morgan fingerprint density at radius 3 is 1.91 bits per heavy atom. The van der Waals surface area contributed by atoms with Gasteiger partial charge in [-0.1, -0.05) is 64.7 Å². The number of esters is 1. The molecule has 0 rings (SSSR count). The molecule has 0 aliphatic carbocycles. The topological polar surface area (TPSA) is 49.8 Å². The summed E-state index contributed by atoms with van der Waals surface area (Å²) >= 11 is 0. The van der Waals surface area contributed by atoms with E-state index < -0.39 is 0 Å². The smallest absolute Gasteiger partial charge is 0.302 e. The van der Waals surface area contributed by atoms with Crippen molar-refractivity contribution in [3.63, 3.8) is 0 Å². The third-order valence-corrected chi connectivity index (χ3v) is 3.96. The van der Waals surface area contributed by atoms with E-state index in [-0.39, 0.29) is 12.6 Å². The third kappa shape index (κ3) is 15.8. The highest BCUT2D eigenvalue weighted by Crippen LogP contribution is 2.10. The van der Waals surface area contributed by atoms with E-state index in [0.717, 1.165) is 19.5 Å². The van der Waals surface area contributed by atoms with Crippen molar-refractivity contribution in [2.45, 2.75) is 78.1 Å². The van der Waals surface area contributed by atoms with E-state index >= 15 is 0 Å². The fourth-order valence-corrected chi connectivity index (χ4v) is 2.62. The Labute approximate surface area is 137 Å². The Hall–Kier alpha value is -0.610. The number of hydrogen-bond donors (Lipinski definition) is 1. The molecule has 0 aromatic heterocycles. The number of carbonyl (C=O) groups excluding carboxylic acids is 1. The van der Waals surface area contributed by atoms with Crippen LogP contribution in [0.4, 0.5) is 0 Å². The summed E-state index contributed by atoms with van der Waals surface area (Å²) in [5.74, 6) is -0.233. The van der Waals surface area contributed by atoms with Crippen LogP contribution in [0.2, 0.25) is 0 Å². The van der Waals surface area contributed by atoms with Crippen molar-refractivity contribution in [1.82, 2.24) is 4.90 Å². The summed E-state index contributed by atoms with van der Waals surface area (Å²) in [7, 11) is 0. The molecule has 0 aliphatic heterocycles. The minimum Gasteiger partial charge on any atom is -0.465 e. The third-order valence-electron chi connectivity index (χ3n) is 3.96. The summed E-state index contributed by atoms with van der Waals surface area (Å²) in [6, 6.07) is 0. The highest BCUT2D eigenvalue weighted by Gasteiger charge is 2.04. The number of carbonyl (C=O) groups is 1. The predicted octanol–water partition coefficient (Wildman–Crippen LogP) is 3.76. The lowest BCUT2D eigenvalue weighted by atomic mass is 10.1. The number of hydrogen-bond acceptors (Lipinski definition) is 4. The number of rotatable bonds is 16. The van der Waals surface area contributed by atoms with Crippen LogP contribution in [0, 0.1) is 0 Å². The zero-order valence-electron chi connectivity index (χ0n) is 14.8. The molecular formula is C18H37NO3. The highest BCUT2D eigenvalue weighted by atomic mass is 16.5. The quantitative estimate of drug-likeness (QED) is 0.348. The van der Waals surface area contributed by atoms with Crippen molar-refractivity contribution in [1.29, 1.82) is 0 Å². The molecular weight excluding hydrogens is 278 g/mol. The highest BCUT2D eigenvalue weighted by molar-refractivity contribution is 5.65. The van der Waals surface area contributed by atoms with Gasteiger partial charge in [0.2, 0.25) is 0 Å². The normalized spacial score (nSPS) is 11.1. The van der Waals surface area contributed by atoms with Crippen LogP contribution < -0.4 is 0 Å². The van der Waals surface area contributed by atoms with Gasteiger partial charge >= 0.3 is 5.97 Å². The molecule has 0 aromatic rings. The summed E-state index contributed by atoms with van der Waals surface area (Å²) in [5.41, 5.74) is 0. The van der Waals surface area contributed by atoms with Crippen LogP contribution in [0.15, 0.2) is 0 Å². The molecule has 4 nitrogen and oxygen atoms in total. The Morgan fingerprint density at radius 1 is 0.864 bits per heavy atom. The van der Waals surface area contributed by atoms with Crippen molar-refractivity contribution in [3.05, 3.63) is 0 Å². The van der Waals surface area contributed by atoms with Gasteiger partial charge in [-0.25, -0.2) is 0 Å². The molecule has 0 atom stereocenters. The molecule has 0 heterocycles. The zero-order chi connectivity index (χ0) is 16.5. The molecule has 0 saturated carbocycles. The maximum absolute atomic E-state index is 10.7. The van der Waals surface area contributed by atoms with Crippen molar-refractivity contribution in [3.8, 4) is 0 Å². The van der Waals surface area contributed by atoms with Gasteiger partial charge in [-0.3, -0.25) is 9.69 Å². The van der Waals surface area contributed by atoms with Crippen LogP contribution in [-0.4, -0.2) is 48.8 Å². The van der Waals surface area contributed by atoms with E-state index in [2.05, 4.69) is 11.8 Å². The molecule has 0 spiro atoms. The van der Waals surface area contributed by atoms with E-state index in [0.29, 0.717) is 13.2 Å². The molecule has 0 aliphatic rings. The molecule has 1 N–H and O–H groups in total. The van der Waals surface area contributed by atoms with E-state index in [4.69, 9.17) is 9.84 Å². The Kier molecular flexibility index (Phi) is 16.3. The number of ether oxygens (including phenoxy) is 1. The molecule has 22 heavy (non-hydrogen) atoms. The zero-order valence-corrected chi connectivity index (χ0v) is 14.8. The summed E-state index contributed by atoms with van der Waals surface area (Å²) in [6.07, 6.45) is 13.3. The minimum atomic E-state index is -0.233. The maximum Gasteiger partial charge on any atom is 0.302 e. The second kappa shape index (κ2) is 16.8. The van der Waals surface area contributed by atoms with E-state index in [1.165, 1.54) is 64.7 Å². The van der Waals surface area contributed by atoms with Gasteiger partial charge in [0.1, 0.15) is 6.61 Å².